The van der Waals surface area contributed by atoms with E-state index in [-0.39, 0.29) is 24.4 Å². The van der Waals surface area contributed by atoms with Crippen molar-refractivity contribution in [2.24, 2.45) is 0 Å². The Balaban J connectivity index is 2.06. The molecule has 1 aliphatic rings. The van der Waals surface area contributed by atoms with E-state index in [2.05, 4.69) is 6.58 Å². The van der Waals surface area contributed by atoms with E-state index in [9.17, 15) is 5.11 Å². The molecule has 0 amide bonds. The SMILES string of the molecule is C=CC[C@H](OCc1ccc(OC)cc1)[C@@H]1OC(C)(C)O[C@H]1/C=C/C[C@@H](C)O. The van der Waals surface area contributed by atoms with Gasteiger partial charge in [0.05, 0.1) is 25.9 Å². The van der Waals surface area contributed by atoms with Crippen molar-refractivity contribution in [1.29, 1.82) is 0 Å². The second-order valence-corrected chi connectivity index (χ2v) is 7.30. The summed E-state index contributed by atoms with van der Waals surface area (Å²) in [4.78, 5) is 0. The molecule has 0 aliphatic carbocycles. The lowest BCUT2D eigenvalue weighted by atomic mass is 10.0. The summed E-state index contributed by atoms with van der Waals surface area (Å²) >= 11 is 0. The minimum atomic E-state index is -0.687. The van der Waals surface area contributed by atoms with Gasteiger partial charge in [0, 0.05) is 0 Å². The predicted molar refractivity (Wildman–Crippen MR) is 106 cm³/mol. The summed E-state index contributed by atoms with van der Waals surface area (Å²) in [6, 6.07) is 7.81. The van der Waals surface area contributed by atoms with Gasteiger partial charge in [-0.05, 0) is 51.3 Å². The van der Waals surface area contributed by atoms with Crippen molar-refractivity contribution >= 4 is 0 Å². The Kier molecular flexibility index (Phi) is 8.05. The molecule has 1 saturated heterocycles. The van der Waals surface area contributed by atoms with Crippen LogP contribution in [-0.4, -0.2) is 42.4 Å². The van der Waals surface area contributed by atoms with Gasteiger partial charge in [0.25, 0.3) is 0 Å². The lowest BCUT2D eigenvalue weighted by Gasteiger charge is -2.25. The summed E-state index contributed by atoms with van der Waals surface area (Å²) in [5.41, 5.74) is 1.06. The molecule has 1 aromatic rings. The number of hydrogen-bond acceptors (Lipinski definition) is 5. The van der Waals surface area contributed by atoms with Crippen LogP contribution >= 0.6 is 0 Å². The molecule has 1 fully saturated rings. The molecule has 0 saturated carbocycles. The molecule has 1 aromatic carbocycles. The Hall–Kier alpha value is -1.66. The van der Waals surface area contributed by atoms with E-state index in [1.165, 1.54) is 0 Å². The highest BCUT2D eigenvalue weighted by atomic mass is 16.8. The van der Waals surface area contributed by atoms with Crippen molar-refractivity contribution in [3.8, 4) is 5.75 Å². The van der Waals surface area contributed by atoms with Crippen LogP contribution in [0.2, 0.25) is 0 Å². The van der Waals surface area contributed by atoms with Crippen molar-refractivity contribution < 1.29 is 24.1 Å². The average Bonchev–Trinajstić information content (AvgIpc) is 2.93. The van der Waals surface area contributed by atoms with E-state index in [4.69, 9.17) is 18.9 Å². The van der Waals surface area contributed by atoms with Crippen molar-refractivity contribution in [2.75, 3.05) is 7.11 Å². The standard InChI is InChI=1S/C22H32O5/c1-6-8-19(25-15-17-11-13-18(24-5)14-12-17)21-20(10-7-9-16(2)23)26-22(3,4)27-21/h6-7,10-14,16,19-21,23H,1,8-9,15H2,2-5H3/b10-7+/t16-,19+,20+,21+/m1/s1. The monoisotopic (exact) mass is 376 g/mol. The maximum Gasteiger partial charge on any atom is 0.164 e. The first-order valence-corrected chi connectivity index (χ1v) is 9.40. The van der Waals surface area contributed by atoms with Crippen molar-refractivity contribution in [2.45, 2.75) is 70.4 Å². The van der Waals surface area contributed by atoms with E-state index in [1.54, 1.807) is 14.0 Å². The Morgan fingerprint density at radius 1 is 1.22 bits per heavy atom. The summed E-state index contributed by atoms with van der Waals surface area (Å²) in [7, 11) is 1.65. The number of benzene rings is 1. The summed E-state index contributed by atoms with van der Waals surface area (Å²) in [5.74, 6) is 0.131. The normalized spacial score (nSPS) is 24.0. The Morgan fingerprint density at radius 2 is 1.93 bits per heavy atom. The fraction of sp³-hybridized carbons (Fsp3) is 0.545. The molecule has 4 atom stereocenters. The third-order valence-electron chi connectivity index (χ3n) is 4.36. The fourth-order valence-corrected chi connectivity index (χ4v) is 3.05. The molecule has 0 unspecified atom stereocenters. The van der Waals surface area contributed by atoms with Gasteiger partial charge in [-0.2, -0.15) is 0 Å². The number of methoxy groups -OCH3 is 1. The van der Waals surface area contributed by atoms with E-state index in [1.807, 2.05) is 56.3 Å². The van der Waals surface area contributed by atoms with Crippen LogP contribution in [0.5, 0.6) is 5.75 Å². The van der Waals surface area contributed by atoms with Gasteiger partial charge in [0.2, 0.25) is 0 Å². The van der Waals surface area contributed by atoms with Gasteiger partial charge in [-0.25, -0.2) is 0 Å². The van der Waals surface area contributed by atoms with Crippen molar-refractivity contribution in [3.63, 3.8) is 0 Å². The Labute approximate surface area is 162 Å². The first-order chi connectivity index (χ1) is 12.8. The molecule has 0 spiro atoms. The lowest BCUT2D eigenvalue weighted by molar-refractivity contribution is -0.159. The average molecular weight is 376 g/mol. The number of ether oxygens (including phenoxy) is 4. The minimum absolute atomic E-state index is 0.187. The molecule has 2 rings (SSSR count). The highest BCUT2D eigenvalue weighted by Gasteiger charge is 2.44. The van der Waals surface area contributed by atoms with Crippen LogP contribution in [0.25, 0.3) is 0 Å². The Morgan fingerprint density at radius 3 is 2.52 bits per heavy atom. The first-order valence-electron chi connectivity index (χ1n) is 9.40. The molecule has 1 N–H and O–H groups in total. The summed E-state index contributed by atoms with van der Waals surface area (Å²) < 4.78 is 23.5. The molecular formula is C22H32O5. The van der Waals surface area contributed by atoms with Gasteiger partial charge >= 0.3 is 0 Å². The second-order valence-electron chi connectivity index (χ2n) is 7.30. The minimum Gasteiger partial charge on any atom is -0.497 e. The molecular weight excluding hydrogens is 344 g/mol. The molecule has 5 heteroatoms. The largest absolute Gasteiger partial charge is 0.497 e. The summed E-state index contributed by atoms with van der Waals surface area (Å²) in [6.07, 6.45) is 5.90. The second kappa shape index (κ2) is 10.0. The smallest absolute Gasteiger partial charge is 0.164 e. The van der Waals surface area contributed by atoms with Crippen molar-refractivity contribution in [3.05, 3.63) is 54.6 Å². The zero-order chi connectivity index (χ0) is 19.9. The maximum atomic E-state index is 9.47. The van der Waals surface area contributed by atoms with Crippen LogP contribution in [0.15, 0.2) is 49.1 Å². The highest BCUT2D eigenvalue weighted by molar-refractivity contribution is 5.26. The Bertz CT molecular complexity index is 606. The molecule has 0 radical (unpaired) electrons. The fourth-order valence-electron chi connectivity index (χ4n) is 3.05. The van der Waals surface area contributed by atoms with Gasteiger partial charge < -0.3 is 24.1 Å². The predicted octanol–water partition coefficient (Wildman–Crippen LogP) is 4.00. The zero-order valence-corrected chi connectivity index (χ0v) is 16.8. The topological polar surface area (TPSA) is 57.2 Å². The molecule has 5 nitrogen and oxygen atoms in total. The quantitative estimate of drug-likeness (QED) is 0.626. The van der Waals surface area contributed by atoms with E-state index >= 15 is 0 Å². The van der Waals surface area contributed by atoms with E-state index in [0.717, 1.165) is 11.3 Å². The van der Waals surface area contributed by atoms with Gasteiger partial charge in [0.15, 0.2) is 5.79 Å². The third-order valence-corrected chi connectivity index (χ3v) is 4.36. The number of aliphatic hydroxyl groups excluding tert-OH is 1. The van der Waals surface area contributed by atoms with Crippen LogP contribution in [0.3, 0.4) is 0 Å². The van der Waals surface area contributed by atoms with Crippen LogP contribution < -0.4 is 4.74 Å². The van der Waals surface area contributed by atoms with E-state index < -0.39 is 5.79 Å². The third kappa shape index (κ3) is 6.78. The molecule has 1 heterocycles. The summed E-state index contributed by atoms with van der Waals surface area (Å²) in [6.45, 7) is 9.88. The van der Waals surface area contributed by atoms with Gasteiger partial charge in [-0.1, -0.05) is 30.4 Å². The molecule has 0 aromatic heterocycles. The van der Waals surface area contributed by atoms with Crippen LogP contribution in [0.1, 0.15) is 39.2 Å². The molecule has 0 bridgehead atoms. The maximum absolute atomic E-state index is 9.47. The number of hydrogen-bond donors (Lipinski definition) is 1. The first kappa shape index (κ1) is 21.6. The molecule has 150 valence electrons. The summed E-state index contributed by atoms with van der Waals surface area (Å²) in [5, 5.41) is 9.47. The number of aliphatic hydroxyl groups is 1. The van der Waals surface area contributed by atoms with E-state index in [0.29, 0.717) is 19.4 Å². The van der Waals surface area contributed by atoms with Crippen LogP contribution in [0.4, 0.5) is 0 Å². The molecule has 1 aliphatic heterocycles. The van der Waals surface area contributed by atoms with Gasteiger partial charge in [-0.3, -0.25) is 0 Å². The molecule has 27 heavy (non-hydrogen) atoms. The van der Waals surface area contributed by atoms with Crippen LogP contribution in [-0.2, 0) is 20.8 Å². The van der Waals surface area contributed by atoms with Crippen LogP contribution in [0, 0.1) is 0 Å². The lowest BCUT2D eigenvalue weighted by Crippen LogP contribution is -2.36. The van der Waals surface area contributed by atoms with Crippen molar-refractivity contribution in [1.82, 2.24) is 0 Å². The zero-order valence-electron chi connectivity index (χ0n) is 16.8. The van der Waals surface area contributed by atoms with Gasteiger partial charge in [0.1, 0.15) is 18.0 Å². The highest BCUT2D eigenvalue weighted by Crippen LogP contribution is 2.33. The van der Waals surface area contributed by atoms with Gasteiger partial charge in [-0.15, -0.1) is 6.58 Å². The number of rotatable bonds is 10.